The highest BCUT2D eigenvalue weighted by molar-refractivity contribution is 5.67. The van der Waals surface area contributed by atoms with Gasteiger partial charge in [-0.3, -0.25) is 4.79 Å². The maximum Gasteiger partial charge on any atom is 0.303 e. The van der Waals surface area contributed by atoms with E-state index >= 15 is 0 Å². The van der Waals surface area contributed by atoms with Crippen molar-refractivity contribution in [2.75, 3.05) is 0 Å². The third-order valence-electron chi connectivity index (χ3n) is 2.33. The molecule has 0 aliphatic carbocycles. The second-order valence-electron chi connectivity index (χ2n) is 3.59. The second-order valence-corrected chi connectivity index (χ2v) is 3.59. The van der Waals surface area contributed by atoms with Gasteiger partial charge in [0.1, 0.15) is 0 Å². The number of esters is 1. The predicted octanol–water partition coefficient (Wildman–Crippen LogP) is 2.52. The van der Waals surface area contributed by atoms with E-state index in [0.717, 1.165) is 5.56 Å². The molecule has 0 saturated heterocycles. The van der Waals surface area contributed by atoms with Crippen LogP contribution in [0.3, 0.4) is 0 Å². The van der Waals surface area contributed by atoms with Gasteiger partial charge in [-0.1, -0.05) is 18.7 Å². The molecule has 0 aliphatic rings. The Labute approximate surface area is 95.0 Å². The van der Waals surface area contributed by atoms with Crippen LogP contribution >= 0.6 is 0 Å². The zero-order chi connectivity index (χ0) is 12.2. The quantitative estimate of drug-likeness (QED) is 0.575. The highest BCUT2D eigenvalue weighted by atomic mass is 16.6. The number of nitrogens with zero attached hydrogens (tertiary/aromatic N) is 1. The Morgan fingerprint density at radius 2 is 2.06 bits per heavy atom. The molecule has 1 rings (SSSR count). The lowest BCUT2D eigenvalue weighted by molar-refractivity contribution is -0.151. The highest BCUT2D eigenvalue weighted by Crippen LogP contribution is 2.26. The van der Waals surface area contributed by atoms with Crippen LogP contribution in [0.5, 0.6) is 0 Å². The first kappa shape index (κ1) is 12.0. The van der Waals surface area contributed by atoms with E-state index in [0.29, 0.717) is 5.56 Å². The molecule has 0 aromatic heterocycles. The summed E-state index contributed by atoms with van der Waals surface area (Å²) in [6.45, 7) is 6.77. The number of carbonyl (C=O) groups excluding carboxylic acids is 1. The molecule has 1 unspecified atom stereocenters. The number of benzene rings is 1. The summed E-state index contributed by atoms with van der Waals surface area (Å²) in [5.74, 6) is -0.369. The van der Waals surface area contributed by atoms with E-state index in [4.69, 9.17) is 10.00 Å². The van der Waals surface area contributed by atoms with Crippen molar-refractivity contribution in [1.29, 1.82) is 5.26 Å². The first-order valence-electron chi connectivity index (χ1n) is 4.85. The molecule has 0 N–H and O–H groups in total. The van der Waals surface area contributed by atoms with Gasteiger partial charge >= 0.3 is 5.97 Å². The number of nitriles is 1. The molecular formula is C13H13NO2. The fourth-order valence-electron chi connectivity index (χ4n) is 1.39. The highest BCUT2D eigenvalue weighted by Gasteiger charge is 2.25. The van der Waals surface area contributed by atoms with Gasteiger partial charge in [0.25, 0.3) is 0 Å². The summed E-state index contributed by atoms with van der Waals surface area (Å²) in [6, 6.07) is 8.90. The summed E-state index contributed by atoms with van der Waals surface area (Å²) in [5, 5.41) is 8.68. The molecule has 1 atom stereocenters. The van der Waals surface area contributed by atoms with Crippen LogP contribution in [0, 0.1) is 11.3 Å². The topological polar surface area (TPSA) is 50.1 Å². The fraction of sp³-hybridized carbons (Fsp3) is 0.231. The summed E-state index contributed by atoms with van der Waals surface area (Å²) >= 11 is 0. The number of hydrogen-bond acceptors (Lipinski definition) is 3. The Hall–Kier alpha value is -2.08. The van der Waals surface area contributed by atoms with Crippen LogP contribution < -0.4 is 0 Å². The monoisotopic (exact) mass is 215 g/mol. The lowest BCUT2D eigenvalue weighted by atomic mass is 9.95. The van der Waals surface area contributed by atoms with E-state index in [9.17, 15) is 4.79 Å². The van der Waals surface area contributed by atoms with E-state index in [1.165, 1.54) is 6.92 Å². The van der Waals surface area contributed by atoms with E-state index in [1.807, 2.05) is 6.07 Å². The van der Waals surface area contributed by atoms with Crippen LogP contribution in [0.15, 0.2) is 36.9 Å². The molecule has 0 amide bonds. The Morgan fingerprint density at radius 1 is 1.50 bits per heavy atom. The van der Waals surface area contributed by atoms with Crippen molar-refractivity contribution in [2.24, 2.45) is 0 Å². The largest absolute Gasteiger partial charge is 0.450 e. The van der Waals surface area contributed by atoms with Crippen molar-refractivity contribution in [3.05, 3.63) is 48.0 Å². The summed E-state index contributed by atoms with van der Waals surface area (Å²) in [6.07, 6.45) is 1.57. The molecule has 3 heteroatoms. The van der Waals surface area contributed by atoms with Gasteiger partial charge in [-0.25, -0.2) is 0 Å². The molecule has 0 aliphatic heterocycles. The Balaban J connectivity index is 3.08. The third kappa shape index (κ3) is 2.48. The van der Waals surface area contributed by atoms with E-state index < -0.39 is 5.60 Å². The van der Waals surface area contributed by atoms with Gasteiger partial charge in [0.2, 0.25) is 0 Å². The van der Waals surface area contributed by atoms with Gasteiger partial charge in [-0.15, -0.1) is 0 Å². The van der Waals surface area contributed by atoms with Gasteiger partial charge in [-0.05, 0) is 30.7 Å². The van der Waals surface area contributed by atoms with Crippen molar-refractivity contribution in [3.8, 4) is 6.07 Å². The minimum absolute atomic E-state index is 0.369. The number of carbonyl (C=O) groups is 1. The number of ether oxygens (including phenoxy) is 1. The minimum Gasteiger partial charge on any atom is -0.450 e. The van der Waals surface area contributed by atoms with E-state index in [1.54, 1.807) is 37.3 Å². The molecule has 1 aromatic carbocycles. The average Bonchev–Trinajstić information content (AvgIpc) is 2.28. The molecule has 0 bridgehead atoms. The molecule has 0 saturated carbocycles. The average molecular weight is 215 g/mol. The summed E-state index contributed by atoms with van der Waals surface area (Å²) in [7, 11) is 0. The van der Waals surface area contributed by atoms with Gasteiger partial charge in [-0.2, -0.15) is 5.26 Å². The van der Waals surface area contributed by atoms with Crippen molar-refractivity contribution in [2.45, 2.75) is 19.4 Å². The van der Waals surface area contributed by atoms with Gasteiger partial charge in [0.05, 0.1) is 11.6 Å². The van der Waals surface area contributed by atoms with Crippen molar-refractivity contribution < 1.29 is 9.53 Å². The lowest BCUT2D eigenvalue weighted by Gasteiger charge is -2.25. The van der Waals surface area contributed by atoms with Crippen LogP contribution in [0.2, 0.25) is 0 Å². The number of hydrogen-bond donors (Lipinski definition) is 0. The van der Waals surface area contributed by atoms with Gasteiger partial charge in [0.15, 0.2) is 5.60 Å². The molecular weight excluding hydrogens is 202 g/mol. The fourth-order valence-corrected chi connectivity index (χ4v) is 1.39. The van der Waals surface area contributed by atoms with Crippen LogP contribution in [-0.2, 0) is 15.1 Å². The summed E-state index contributed by atoms with van der Waals surface area (Å²) in [5.41, 5.74) is 0.509. The van der Waals surface area contributed by atoms with Crippen LogP contribution in [0.4, 0.5) is 0 Å². The Morgan fingerprint density at radius 3 is 2.44 bits per heavy atom. The molecule has 0 heterocycles. The van der Waals surface area contributed by atoms with Gasteiger partial charge in [0, 0.05) is 6.92 Å². The molecule has 3 nitrogen and oxygen atoms in total. The van der Waals surface area contributed by atoms with Crippen molar-refractivity contribution in [1.82, 2.24) is 0 Å². The van der Waals surface area contributed by atoms with E-state index in [2.05, 4.69) is 6.58 Å². The third-order valence-corrected chi connectivity index (χ3v) is 2.33. The lowest BCUT2D eigenvalue weighted by Crippen LogP contribution is -2.25. The predicted molar refractivity (Wildman–Crippen MR) is 60.5 cm³/mol. The van der Waals surface area contributed by atoms with Crippen LogP contribution in [0.1, 0.15) is 25.0 Å². The molecule has 0 fully saturated rings. The van der Waals surface area contributed by atoms with Crippen LogP contribution in [-0.4, -0.2) is 5.97 Å². The van der Waals surface area contributed by atoms with Crippen LogP contribution in [0.25, 0.3) is 0 Å². The Bertz CT molecular complexity index is 442. The zero-order valence-corrected chi connectivity index (χ0v) is 9.36. The normalized spacial score (nSPS) is 13.3. The molecule has 16 heavy (non-hydrogen) atoms. The molecule has 0 radical (unpaired) electrons. The smallest absolute Gasteiger partial charge is 0.303 e. The number of rotatable bonds is 3. The Kier molecular flexibility index (Phi) is 3.47. The van der Waals surface area contributed by atoms with E-state index in [-0.39, 0.29) is 5.97 Å². The second kappa shape index (κ2) is 4.63. The van der Waals surface area contributed by atoms with Crippen molar-refractivity contribution in [3.63, 3.8) is 0 Å². The first-order chi connectivity index (χ1) is 7.51. The SMILES string of the molecule is C=CC(C)(OC(C)=O)c1ccc(C#N)cc1. The molecule has 82 valence electrons. The minimum atomic E-state index is -0.847. The zero-order valence-electron chi connectivity index (χ0n) is 9.36. The molecule has 0 spiro atoms. The standard InChI is InChI=1S/C13H13NO2/c1-4-13(3,16-10(2)15)12-7-5-11(9-14)6-8-12/h4-8H,1H2,2-3H3. The van der Waals surface area contributed by atoms with Gasteiger partial charge < -0.3 is 4.74 Å². The van der Waals surface area contributed by atoms with Crippen molar-refractivity contribution >= 4 is 5.97 Å². The maximum atomic E-state index is 11.0. The summed E-state index contributed by atoms with van der Waals surface area (Å²) < 4.78 is 5.21. The first-order valence-corrected chi connectivity index (χ1v) is 4.85. The molecule has 1 aromatic rings. The summed E-state index contributed by atoms with van der Waals surface area (Å²) in [4.78, 5) is 11.0. The maximum absolute atomic E-state index is 11.0.